The van der Waals surface area contributed by atoms with Crippen LogP contribution in [0.4, 0.5) is 5.69 Å². The smallest absolute Gasteiger partial charge is 0.337 e. The first-order valence-corrected chi connectivity index (χ1v) is 7.27. The summed E-state index contributed by atoms with van der Waals surface area (Å²) in [4.78, 5) is 23.7. The van der Waals surface area contributed by atoms with E-state index in [1.54, 1.807) is 12.1 Å². The van der Waals surface area contributed by atoms with Crippen LogP contribution in [0.25, 0.3) is 0 Å². The molecule has 2 aromatic carbocycles. The molecule has 0 bridgehead atoms. The lowest BCUT2D eigenvalue weighted by Crippen LogP contribution is -2.13. The molecule has 2 N–H and O–H groups in total. The molecular weight excluding hydrogens is 374 g/mol. The van der Waals surface area contributed by atoms with Crippen LogP contribution in [-0.4, -0.2) is 24.1 Å². The van der Waals surface area contributed by atoms with Gasteiger partial charge < -0.3 is 15.2 Å². The molecule has 0 aliphatic rings. The van der Waals surface area contributed by atoms with Crippen LogP contribution in [0.1, 0.15) is 20.7 Å². The van der Waals surface area contributed by atoms with E-state index < -0.39 is 11.9 Å². The summed E-state index contributed by atoms with van der Waals surface area (Å²) in [6.45, 7) is 0. The number of amides is 1. The molecule has 114 valence electrons. The van der Waals surface area contributed by atoms with E-state index in [4.69, 9.17) is 11.6 Å². The Morgan fingerprint density at radius 1 is 1.23 bits per heavy atom. The fourth-order valence-corrected chi connectivity index (χ4v) is 2.57. The maximum atomic E-state index is 12.2. The second-order valence-electron chi connectivity index (χ2n) is 4.31. The number of halogens is 2. The Labute approximate surface area is 140 Å². The number of phenols is 1. The molecule has 2 aromatic rings. The molecule has 5 nitrogen and oxygen atoms in total. The summed E-state index contributed by atoms with van der Waals surface area (Å²) >= 11 is 9.02. The molecule has 0 aliphatic carbocycles. The summed E-state index contributed by atoms with van der Waals surface area (Å²) in [5.74, 6) is -1.17. The average Bonchev–Trinajstić information content (AvgIpc) is 2.51. The average molecular weight is 385 g/mol. The number of esters is 1. The third-order valence-electron chi connectivity index (χ3n) is 2.82. The van der Waals surface area contributed by atoms with Gasteiger partial charge in [-0.2, -0.15) is 0 Å². The first-order chi connectivity index (χ1) is 10.4. The van der Waals surface area contributed by atoms with Crippen LogP contribution in [0.5, 0.6) is 5.75 Å². The predicted molar refractivity (Wildman–Crippen MR) is 86.6 cm³/mol. The molecule has 22 heavy (non-hydrogen) atoms. The van der Waals surface area contributed by atoms with E-state index in [-0.39, 0.29) is 22.6 Å². The largest absolute Gasteiger partial charge is 0.505 e. The molecular formula is C15H11BrClNO4. The predicted octanol–water partition coefficient (Wildman–Crippen LogP) is 3.85. The molecule has 0 saturated carbocycles. The monoisotopic (exact) mass is 383 g/mol. The summed E-state index contributed by atoms with van der Waals surface area (Å²) in [5, 5.41) is 12.8. The molecule has 0 atom stereocenters. The van der Waals surface area contributed by atoms with Crippen LogP contribution in [0.3, 0.4) is 0 Å². The van der Waals surface area contributed by atoms with Crippen molar-refractivity contribution in [3.05, 3.63) is 57.0 Å². The maximum Gasteiger partial charge on any atom is 0.337 e. The number of carbonyl (C=O) groups excluding carboxylic acids is 2. The van der Waals surface area contributed by atoms with Gasteiger partial charge in [-0.15, -0.1) is 0 Å². The van der Waals surface area contributed by atoms with Crippen LogP contribution in [0.15, 0.2) is 40.9 Å². The molecule has 0 aliphatic heterocycles. The number of methoxy groups -OCH3 is 1. The summed E-state index contributed by atoms with van der Waals surface area (Å²) in [6, 6.07) is 8.97. The number of benzene rings is 2. The number of rotatable bonds is 3. The van der Waals surface area contributed by atoms with Gasteiger partial charge in [-0.3, -0.25) is 4.79 Å². The first-order valence-electron chi connectivity index (χ1n) is 6.10. The molecule has 0 fully saturated rings. The molecule has 0 radical (unpaired) electrons. The van der Waals surface area contributed by atoms with Crippen LogP contribution in [0.2, 0.25) is 5.02 Å². The van der Waals surface area contributed by atoms with E-state index in [0.717, 1.165) is 0 Å². The van der Waals surface area contributed by atoms with Crippen molar-refractivity contribution in [2.24, 2.45) is 0 Å². The maximum absolute atomic E-state index is 12.2. The lowest BCUT2D eigenvalue weighted by atomic mass is 10.1. The number of carbonyl (C=O) groups is 2. The van der Waals surface area contributed by atoms with E-state index in [2.05, 4.69) is 26.0 Å². The van der Waals surface area contributed by atoms with Crippen molar-refractivity contribution in [1.82, 2.24) is 0 Å². The van der Waals surface area contributed by atoms with Crippen LogP contribution in [-0.2, 0) is 4.74 Å². The van der Waals surface area contributed by atoms with Crippen molar-refractivity contribution in [1.29, 1.82) is 0 Å². The van der Waals surface area contributed by atoms with Gasteiger partial charge in [-0.25, -0.2) is 4.79 Å². The Hall–Kier alpha value is -2.05. The quantitative estimate of drug-likeness (QED) is 0.622. The van der Waals surface area contributed by atoms with Gasteiger partial charge in [0.1, 0.15) is 0 Å². The first kappa shape index (κ1) is 16.3. The van der Waals surface area contributed by atoms with Crippen molar-refractivity contribution in [2.75, 3.05) is 12.4 Å². The highest BCUT2D eigenvalue weighted by molar-refractivity contribution is 9.10. The van der Waals surface area contributed by atoms with Crippen molar-refractivity contribution in [3.63, 3.8) is 0 Å². The van der Waals surface area contributed by atoms with Crippen LogP contribution >= 0.6 is 27.5 Å². The van der Waals surface area contributed by atoms with Gasteiger partial charge in [0.05, 0.1) is 22.8 Å². The number of anilines is 1. The van der Waals surface area contributed by atoms with Gasteiger partial charge in [0.15, 0.2) is 5.75 Å². The Bertz CT molecular complexity index is 748. The SMILES string of the molecule is COC(=O)c1cccc(C(=O)Nc2cc(Cl)cc(Br)c2O)c1. The van der Waals surface area contributed by atoms with Crippen molar-refractivity contribution in [3.8, 4) is 5.75 Å². The zero-order valence-electron chi connectivity index (χ0n) is 11.4. The third-order valence-corrected chi connectivity index (χ3v) is 3.64. The van der Waals surface area contributed by atoms with Gasteiger partial charge in [-0.05, 0) is 46.3 Å². The normalized spacial score (nSPS) is 10.1. The zero-order valence-corrected chi connectivity index (χ0v) is 13.7. The Balaban J connectivity index is 2.28. The minimum Gasteiger partial charge on any atom is -0.505 e. The number of nitrogens with one attached hydrogen (secondary N) is 1. The summed E-state index contributed by atoms with van der Waals surface area (Å²) < 4.78 is 4.97. The molecule has 0 spiro atoms. The van der Waals surface area contributed by atoms with Gasteiger partial charge >= 0.3 is 5.97 Å². The highest BCUT2D eigenvalue weighted by Crippen LogP contribution is 2.35. The fourth-order valence-electron chi connectivity index (χ4n) is 1.76. The molecule has 0 unspecified atom stereocenters. The van der Waals surface area contributed by atoms with Crippen molar-refractivity contribution < 1.29 is 19.4 Å². The fraction of sp³-hybridized carbons (Fsp3) is 0.0667. The molecule has 7 heteroatoms. The van der Waals surface area contributed by atoms with Crippen LogP contribution in [0, 0.1) is 0 Å². The van der Waals surface area contributed by atoms with E-state index in [1.807, 2.05) is 0 Å². The summed E-state index contributed by atoms with van der Waals surface area (Å²) in [7, 11) is 1.26. The minimum atomic E-state index is -0.539. The standard InChI is InChI=1S/C15H11BrClNO4/c1-22-15(21)9-4-2-3-8(5-9)14(20)18-12-7-10(17)6-11(16)13(12)19/h2-7,19H,1H3,(H,18,20). The number of phenolic OH excluding ortho intramolecular Hbond substituents is 1. The molecule has 1 amide bonds. The third kappa shape index (κ3) is 3.58. The molecule has 0 heterocycles. The highest BCUT2D eigenvalue weighted by atomic mass is 79.9. The topological polar surface area (TPSA) is 75.6 Å². The lowest BCUT2D eigenvalue weighted by molar-refractivity contribution is 0.0600. The molecule has 0 saturated heterocycles. The Morgan fingerprint density at radius 3 is 2.59 bits per heavy atom. The van der Waals surface area contributed by atoms with E-state index >= 15 is 0 Å². The van der Waals surface area contributed by atoms with Gasteiger partial charge in [-0.1, -0.05) is 17.7 Å². The number of aromatic hydroxyl groups is 1. The van der Waals surface area contributed by atoms with Crippen molar-refractivity contribution >= 4 is 45.1 Å². The molecule has 2 rings (SSSR count). The second-order valence-corrected chi connectivity index (χ2v) is 5.60. The zero-order chi connectivity index (χ0) is 16.3. The van der Waals surface area contributed by atoms with Gasteiger partial charge in [0, 0.05) is 10.6 Å². The minimum absolute atomic E-state index is 0.137. The lowest BCUT2D eigenvalue weighted by Gasteiger charge is -2.10. The van der Waals surface area contributed by atoms with Crippen molar-refractivity contribution in [2.45, 2.75) is 0 Å². The number of ether oxygens (including phenoxy) is 1. The van der Waals surface area contributed by atoms with Gasteiger partial charge in [0.25, 0.3) is 5.91 Å². The summed E-state index contributed by atoms with van der Waals surface area (Å²) in [5.41, 5.74) is 0.665. The van der Waals surface area contributed by atoms with E-state index in [9.17, 15) is 14.7 Å². The number of hydrogen-bond donors (Lipinski definition) is 2. The van der Waals surface area contributed by atoms with E-state index in [0.29, 0.717) is 9.50 Å². The molecule has 0 aromatic heterocycles. The van der Waals surface area contributed by atoms with E-state index in [1.165, 1.54) is 31.4 Å². The Kier molecular flexibility index (Phi) is 5.05. The highest BCUT2D eigenvalue weighted by Gasteiger charge is 2.14. The Morgan fingerprint density at radius 2 is 1.91 bits per heavy atom. The van der Waals surface area contributed by atoms with Crippen LogP contribution < -0.4 is 5.32 Å². The van der Waals surface area contributed by atoms with Gasteiger partial charge in [0.2, 0.25) is 0 Å². The summed E-state index contributed by atoms with van der Waals surface area (Å²) in [6.07, 6.45) is 0. The number of hydrogen-bond acceptors (Lipinski definition) is 4. The second kappa shape index (κ2) is 6.81.